The monoisotopic (exact) mass is 223 g/mol. The third-order valence-corrected chi connectivity index (χ3v) is 3.52. The van der Waals surface area contributed by atoms with Gasteiger partial charge in [-0.1, -0.05) is 48.5 Å². The molecule has 2 heteroatoms. The Balaban J connectivity index is 2.24. The van der Waals surface area contributed by atoms with Crippen LogP contribution in [0.15, 0.2) is 54.6 Å². The quantitative estimate of drug-likeness (QED) is 0.791. The predicted octanol–water partition coefficient (Wildman–Crippen LogP) is 2.94. The summed E-state index contributed by atoms with van der Waals surface area (Å²) in [6.07, 6.45) is 0. The summed E-state index contributed by atoms with van der Waals surface area (Å²) >= 11 is 0. The smallest absolute Gasteiger partial charge is 0.239 e. The first-order valence-electron chi connectivity index (χ1n) is 5.69. The van der Waals surface area contributed by atoms with Gasteiger partial charge in [-0.25, -0.2) is 0 Å². The Bertz CT molecular complexity index is 576. The molecule has 1 N–H and O–H groups in total. The molecule has 2 aromatic carbocycles. The predicted molar refractivity (Wildman–Crippen MR) is 68.0 cm³/mol. The molecule has 0 radical (unpaired) electrons. The van der Waals surface area contributed by atoms with Crippen LogP contribution in [0.2, 0.25) is 0 Å². The number of hydrogen-bond acceptors (Lipinski definition) is 1. The van der Waals surface area contributed by atoms with Crippen LogP contribution in [0.1, 0.15) is 18.1 Å². The summed E-state index contributed by atoms with van der Waals surface area (Å²) in [5.41, 5.74) is 2.43. The number of nitrogens with one attached hydrogen (secondary N) is 1. The van der Waals surface area contributed by atoms with Crippen LogP contribution in [0.3, 0.4) is 0 Å². The Hall–Kier alpha value is -2.09. The van der Waals surface area contributed by atoms with Gasteiger partial charge < -0.3 is 5.32 Å². The summed E-state index contributed by atoms with van der Waals surface area (Å²) < 4.78 is 0. The van der Waals surface area contributed by atoms with Crippen LogP contribution in [-0.2, 0) is 10.2 Å². The number of anilines is 1. The van der Waals surface area contributed by atoms with Crippen molar-refractivity contribution in [1.29, 1.82) is 0 Å². The minimum Gasteiger partial charge on any atom is -0.325 e. The summed E-state index contributed by atoms with van der Waals surface area (Å²) in [6.45, 7) is 1.98. The zero-order valence-corrected chi connectivity index (χ0v) is 9.60. The van der Waals surface area contributed by atoms with Crippen molar-refractivity contribution in [1.82, 2.24) is 0 Å². The summed E-state index contributed by atoms with van der Waals surface area (Å²) in [5, 5.41) is 2.95. The summed E-state index contributed by atoms with van der Waals surface area (Å²) in [5.74, 6) is 0.0462. The molecule has 3 rings (SSSR count). The number of carbonyl (C=O) groups is 1. The average molecular weight is 223 g/mol. The third-order valence-electron chi connectivity index (χ3n) is 3.52. The van der Waals surface area contributed by atoms with E-state index >= 15 is 0 Å². The minimum absolute atomic E-state index is 0.0462. The Morgan fingerprint density at radius 2 is 1.59 bits per heavy atom. The van der Waals surface area contributed by atoms with Gasteiger partial charge in [0.05, 0.1) is 5.41 Å². The summed E-state index contributed by atoms with van der Waals surface area (Å²) in [7, 11) is 0. The maximum Gasteiger partial charge on any atom is 0.239 e. The van der Waals surface area contributed by atoms with Crippen LogP contribution in [0.25, 0.3) is 0 Å². The molecule has 0 fully saturated rings. The Morgan fingerprint density at radius 3 is 2.35 bits per heavy atom. The zero-order valence-electron chi connectivity index (χ0n) is 9.60. The van der Waals surface area contributed by atoms with Gasteiger partial charge in [-0.05, 0) is 24.1 Å². The first-order chi connectivity index (χ1) is 8.23. The number of amides is 1. The van der Waals surface area contributed by atoms with Crippen LogP contribution < -0.4 is 5.32 Å². The number of carbonyl (C=O) groups excluding carboxylic acids is 1. The van der Waals surface area contributed by atoms with Crippen molar-refractivity contribution in [2.45, 2.75) is 12.3 Å². The topological polar surface area (TPSA) is 29.1 Å². The van der Waals surface area contributed by atoms with Gasteiger partial charge in [-0.3, -0.25) is 4.79 Å². The number of benzene rings is 2. The minimum atomic E-state index is -0.572. The molecule has 2 nitrogen and oxygen atoms in total. The van der Waals surface area contributed by atoms with E-state index in [1.54, 1.807) is 0 Å². The molecule has 1 aliphatic heterocycles. The molecule has 0 aliphatic carbocycles. The Labute approximate surface area is 100 Å². The molecule has 0 saturated heterocycles. The highest BCUT2D eigenvalue weighted by molar-refractivity contribution is 6.08. The molecule has 17 heavy (non-hydrogen) atoms. The van der Waals surface area contributed by atoms with Gasteiger partial charge in [0, 0.05) is 5.69 Å². The van der Waals surface area contributed by atoms with E-state index in [2.05, 4.69) is 5.32 Å². The lowest BCUT2D eigenvalue weighted by Crippen LogP contribution is -2.32. The van der Waals surface area contributed by atoms with E-state index in [9.17, 15) is 4.79 Å². The van der Waals surface area contributed by atoms with Crippen LogP contribution in [-0.4, -0.2) is 5.91 Å². The molecule has 2 aromatic rings. The largest absolute Gasteiger partial charge is 0.325 e. The second-order valence-electron chi connectivity index (χ2n) is 4.49. The van der Waals surface area contributed by atoms with E-state index < -0.39 is 5.41 Å². The standard InChI is InChI=1S/C15H13NO/c1-15(11-7-3-2-4-8-11)12-9-5-6-10-13(12)16-14(15)17/h2-10H,1H3,(H,16,17). The van der Waals surface area contributed by atoms with Crippen molar-refractivity contribution in [2.75, 3.05) is 5.32 Å². The number of fused-ring (bicyclic) bond motifs is 1. The number of para-hydroxylation sites is 1. The second-order valence-corrected chi connectivity index (χ2v) is 4.49. The van der Waals surface area contributed by atoms with Crippen molar-refractivity contribution in [2.24, 2.45) is 0 Å². The van der Waals surface area contributed by atoms with E-state index in [0.29, 0.717) is 0 Å². The molecule has 0 aromatic heterocycles. The first kappa shape index (κ1) is 10.1. The van der Waals surface area contributed by atoms with E-state index in [1.807, 2.05) is 61.5 Å². The summed E-state index contributed by atoms with van der Waals surface area (Å²) in [4.78, 5) is 12.2. The van der Waals surface area contributed by atoms with Gasteiger partial charge in [0.2, 0.25) is 5.91 Å². The normalized spacial score (nSPS) is 22.1. The van der Waals surface area contributed by atoms with Crippen molar-refractivity contribution in [3.05, 3.63) is 65.7 Å². The van der Waals surface area contributed by atoms with Crippen LogP contribution in [0, 0.1) is 0 Å². The second kappa shape index (κ2) is 3.45. The lowest BCUT2D eigenvalue weighted by atomic mass is 9.77. The van der Waals surface area contributed by atoms with E-state index in [4.69, 9.17) is 0 Å². The Kier molecular flexibility index (Phi) is 2.05. The molecule has 0 saturated carbocycles. The maximum absolute atomic E-state index is 12.2. The van der Waals surface area contributed by atoms with Gasteiger partial charge in [0.15, 0.2) is 0 Å². The van der Waals surface area contributed by atoms with Crippen LogP contribution in [0.5, 0.6) is 0 Å². The number of rotatable bonds is 1. The fraction of sp³-hybridized carbons (Fsp3) is 0.133. The highest BCUT2D eigenvalue weighted by atomic mass is 16.2. The molecular weight excluding hydrogens is 210 g/mol. The van der Waals surface area contributed by atoms with Crippen LogP contribution in [0.4, 0.5) is 5.69 Å². The molecule has 1 atom stereocenters. The summed E-state index contributed by atoms with van der Waals surface area (Å²) in [6, 6.07) is 17.8. The molecule has 84 valence electrons. The zero-order chi connectivity index (χ0) is 11.9. The Morgan fingerprint density at radius 1 is 0.941 bits per heavy atom. The highest BCUT2D eigenvalue weighted by Gasteiger charge is 2.43. The number of hydrogen-bond donors (Lipinski definition) is 1. The van der Waals surface area contributed by atoms with E-state index in [-0.39, 0.29) is 5.91 Å². The fourth-order valence-electron chi connectivity index (χ4n) is 2.46. The fourth-order valence-corrected chi connectivity index (χ4v) is 2.46. The van der Waals surface area contributed by atoms with Gasteiger partial charge in [0.25, 0.3) is 0 Å². The van der Waals surface area contributed by atoms with Gasteiger partial charge in [0.1, 0.15) is 0 Å². The lowest BCUT2D eigenvalue weighted by Gasteiger charge is -2.22. The molecule has 1 amide bonds. The molecule has 0 bridgehead atoms. The highest BCUT2D eigenvalue weighted by Crippen LogP contribution is 2.42. The van der Waals surface area contributed by atoms with E-state index in [0.717, 1.165) is 16.8 Å². The van der Waals surface area contributed by atoms with Gasteiger partial charge in [-0.15, -0.1) is 0 Å². The maximum atomic E-state index is 12.2. The molecule has 1 heterocycles. The lowest BCUT2D eigenvalue weighted by molar-refractivity contribution is -0.119. The van der Waals surface area contributed by atoms with Crippen LogP contribution >= 0.6 is 0 Å². The SMILES string of the molecule is CC1(c2ccccc2)C(=O)Nc2ccccc21. The van der Waals surface area contributed by atoms with E-state index in [1.165, 1.54) is 0 Å². The van der Waals surface area contributed by atoms with Crippen molar-refractivity contribution < 1.29 is 4.79 Å². The van der Waals surface area contributed by atoms with Gasteiger partial charge in [-0.2, -0.15) is 0 Å². The van der Waals surface area contributed by atoms with Crippen molar-refractivity contribution in [3.8, 4) is 0 Å². The average Bonchev–Trinajstić information content (AvgIpc) is 2.64. The molecule has 1 aliphatic rings. The third kappa shape index (κ3) is 1.30. The van der Waals surface area contributed by atoms with Crippen molar-refractivity contribution >= 4 is 11.6 Å². The first-order valence-corrected chi connectivity index (χ1v) is 5.69. The molecule has 1 unspecified atom stereocenters. The molecule has 0 spiro atoms. The van der Waals surface area contributed by atoms with Gasteiger partial charge >= 0.3 is 0 Å². The molecular formula is C15H13NO. The van der Waals surface area contributed by atoms with Crippen molar-refractivity contribution in [3.63, 3.8) is 0 Å².